The van der Waals surface area contributed by atoms with Crippen molar-refractivity contribution in [3.8, 4) is 0 Å². The van der Waals surface area contributed by atoms with E-state index in [2.05, 4.69) is 59.9 Å². The monoisotopic (exact) mass is 223 g/mol. The van der Waals surface area contributed by atoms with Gasteiger partial charge in [0, 0.05) is 12.5 Å². The van der Waals surface area contributed by atoms with Crippen LogP contribution >= 0.6 is 0 Å². The van der Waals surface area contributed by atoms with Crippen molar-refractivity contribution in [3.05, 3.63) is 71.3 Å². The smallest absolute Gasteiger partial charge is 0.0217 e. The minimum absolute atomic E-state index is 0.495. The molecule has 0 bridgehead atoms. The number of benzene rings is 2. The molecule has 1 aliphatic rings. The molecule has 1 nitrogen and oxygen atoms in total. The molecule has 0 spiro atoms. The summed E-state index contributed by atoms with van der Waals surface area (Å²) in [6.07, 6.45) is 1.14. The fourth-order valence-electron chi connectivity index (χ4n) is 2.66. The van der Waals surface area contributed by atoms with Crippen molar-refractivity contribution in [3.63, 3.8) is 0 Å². The Kier molecular flexibility index (Phi) is 2.93. The summed E-state index contributed by atoms with van der Waals surface area (Å²) in [6, 6.07) is 19.6. The van der Waals surface area contributed by atoms with Gasteiger partial charge in [0.25, 0.3) is 0 Å². The normalized spacial score (nSPS) is 19.4. The quantitative estimate of drug-likeness (QED) is 0.783. The van der Waals surface area contributed by atoms with Gasteiger partial charge < -0.3 is 5.32 Å². The first-order valence-electron chi connectivity index (χ1n) is 6.28. The van der Waals surface area contributed by atoms with Gasteiger partial charge in [-0.2, -0.15) is 0 Å². The summed E-state index contributed by atoms with van der Waals surface area (Å²) in [5.41, 5.74) is 4.39. The third kappa shape index (κ3) is 2.11. The molecule has 1 aliphatic heterocycles. The van der Waals surface area contributed by atoms with Gasteiger partial charge in [0.1, 0.15) is 0 Å². The second kappa shape index (κ2) is 4.72. The maximum atomic E-state index is 3.54. The van der Waals surface area contributed by atoms with Crippen molar-refractivity contribution < 1.29 is 0 Å². The molecule has 0 saturated carbocycles. The number of hydrogen-bond acceptors (Lipinski definition) is 1. The molecule has 0 amide bonds. The zero-order valence-electron chi connectivity index (χ0n) is 9.89. The molecule has 1 heteroatoms. The molecule has 1 atom stereocenters. The first-order valence-corrected chi connectivity index (χ1v) is 6.28. The van der Waals surface area contributed by atoms with E-state index in [1.807, 2.05) is 0 Å². The lowest BCUT2D eigenvalue weighted by Gasteiger charge is -2.17. The van der Waals surface area contributed by atoms with Crippen molar-refractivity contribution in [2.45, 2.75) is 12.3 Å². The largest absolute Gasteiger partial charge is 0.315 e. The zero-order valence-corrected chi connectivity index (χ0v) is 9.89. The Labute approximate surface area is 102 Å². The topological polar surface area (TPSA) is 12.0 Å². The van der Waals surface area contributed by atoms with Gasteiger partial charge in [-0.25, -0.2) is 0 Å². The van der Waals surface area contributed by atoms with Crippen LogP contribution in [0.2, 0.25) is 0 Å². The van der Waals surface area contributed by atoms with E-state index in [0.29, 0.717) is 5.92 Å². The Morgan fingerprint density at radius 3 is 2.53 bits per heavy atom. The molecular formula is C16H17N. The van der Waals surface area contributed by atoms with Crippen LogP contribution in [0.1, 0.15) is 22.6 Å². The predicted molar refractivity (Wildman–Crippen MR) is 71.3 cm³/mol. The van der Waals surface area contributed by atoms with E-state index >= 15 is 0 Å². The molecule has 0 fully saturated rings. The molecule has 17 heavy (non-hydrogen) atoms. The second-order valence-electron chi connectivity index (χ2n) is 4.62. The van der Waals surface area contributed by atoms with Crippen LogP contribution in [0.15, 0.2) is 54.6 Å². The molecule has 0 radical (unpaired) electrons. The third-order valence-electron chi connectivity index (χ3n) is 3.55. The van der Waals surface area contributed by atoms with Gasteiger partial charge in [0.2, 0.25) is 0 Å². The number of hydrogen-bond donors (Lipinski definition) is 1. The lowest BCUT2D eigenvalue weighted by molar-refractivity contribution is 0.665. The van der Waals surface area contributed by atoms with Crippen LogP contribution in [-0.2, 0) is 6.42 Å². The molecular weight excluding hydrogens is 206 g/mol. The van der Waals surface area contributed by atoms with E-state index in [0.717, 1.165) is 19.5 Å². The lowest BCUT2D eigenvalue weighted by atomic mass is 9.88. The summed E-state index contributed by atoms with van der Waals surface area (Å²) in [5.74, 6) is 0.495. The average molecular weight is 223 g/mol. The SMILES string of the molecule is c1ccc([C@@H]2CNCCc3ccccc32)cc1. The van der Waals surface area contributed by atoms with E-state index in [1.165, 1.54) is 16.7 Å². The minimum Gasteiger partial charge on any atom is -0.315 e. The molecule has 3 rings (SSSR count). The summed E-state index contributed by atoms with van der Waals surface area (Å²) in [4.78, 5) is 0. The average Bonchev–Trinajstić information content (AvgIpc) is 2.62. The van der Waals surface area contributed by atoms with Gasteiger partial charge >= 0.3 is 0 Å². The van der Waals surface area contributed by atoms with Crippen LogP contribution in [0.5, 0.6) is 0 Å². The van der Waals surface area contributed by atoms with Crippen LogP contribution < -0.4 is 5.32 Å². The number of nitrogens with one attached hydrogen (secondary N) is 1. The van der Waals surface area contributed by atoms with Gasteiger partial charge in [-0.1, -0.05) is 54.6 Å². The third-order valence-corrected chi connectivity index (χ3v) is 3.55. The molecule has 0 saturated heterocycles. The Morgan fingerprint density at radius 1 is 0.882 bits per heavy atom. The first kappa shape index (κ1) is 10.5. The fourth-order valence-corrected chi connectivity index (χ4v) is 2.66. The Hall–Kier alpha value is -1.60. The maximum Gasteiger partial charge on any atom is 0.0217 e. The van der Waals surface area contributed by atoms with Gasteiger partial charge in [-0.15, -0.1) is 0 Å². The van der Waals surface area contributed by atoms with Crippen LogP contribution in [0, 0.1) is 0 Å². The summed E-state index contributed by atoms with van der Waals surface area (Å²) >= 11 is 0. The summed E-state index contributed by atoms with van der Waals surface area (Å²) in [6.45, 7) is 2.13. The Balaban J connectivity index is 2.06. The van der Waals surface area contributed by atoms with E-state index in [-0.39, 0.29) is 0 Å². The predicted octanol–water partition coefficient (Wildman–Crippen LogP) is 2.96. The molecule has 0 aromatic heterocycles. The van der Waals surface area contributed by atoms with Crippen LogP contribution in [0.4, 0.5) is 0 Å². The standard InChI is InChI=1S/C16H17N/c1-2-6-13(7-3-1)16-12-17-11-10-14-8-4-5-9-15(14)16/h1-9,16-17H,10-12H2/t16-/m0/s1. The van der Waals surface area contributed by atoms with Crippen LogP contribution in [0.25, 0.3) is 0 Å². The highest BCUT2D eigenvalue weighted by atomic mass is 14.9. The van der Waals surface area contributed by atoms with Gasteiger partial charge in [0.05, 0.1) is 0 Å². The van der Waals surface area contributed by atoms with Crippen molar-refractivity contribution in [2.24, 2.45) is 0 Å². The summed E-state index contributed by atoms with van der Waals surface area (Å²) < 4.78 is 0. The maximum absolute atomic E-state index is 3.54. The molecule has 1 heterocycles. The van der Waals surface area contributed by atoms with Crippen LogP contribution in [0.3, 0.4) is 0 Å². The number of rotatable bonds is 1. The highest BCUT2D eigenvalue weighted by Crippen LogP contribution is 2.28. The van der Waals surface area contributed by atoms with E-state index in [9.17, 15) is 0 Å². The molecule has 1 N–H and O–H groups in total. The summed E-state index contributed by atoms with van der Waals surface area (Å²) in [7, 11) is 0. The van der Waals surface area contributed by atoms with Crippen molar-refractivity contribution in [1.29, 1.82) is 0 Å². The van der Waals surface area contributed by atoms with Crippen LogP contribution in [-0.4, -0.2) is 13.1 Å². The van der Waals surface area contributed by atoms with E-state index in [4.69, 9.17) is 0 Å². The highest BCUT2D eigenvalue weighted by Gasteiger charge is 2.19. The number of fused-ring (bicyclic) bond motifs is 1. The second-order valence-corrected chi connectivity index (χ2v) is 4.62. The van der Waals surface area contributed by atoms with Crippen molar-refractivity contribution >= 4 is 0 Å². The first-order chi connectivity index (χ1) is 8.45. The van der Waals surface area contributed by atoms with Gasteiger partial charge in [-0.3, -0.25) is 0 Å². The lowest BCUT2D eigenvalue weighted by Crippen LogP contribution is -2.20. The van der Waals surface area contributed by atoms with Gasteiger partial charge in [0.15, 0.2) is 0 Å². The zero-order chi connectivity index (χ0) is 11.5. The molecule has 0 aliphatic carbocycles. The fraction of sp³-hybridized carbons (Fsp3) is 0.250. The Bertz CT molecular complexity index is 490. The molecule has 2 aromatic rings. The summed E-state index contributed by atoms with van der Waals surface area (Å²) in [5, 5.41) is 3.54. The molecule has 86 valence electrons. The van der Waals surface area contributed by atoms with Crippen molar-refractivity contribution in [2.75, 3.05) is 13.1 Å². The van der Waals surface area contributed by atoms with Crippen molar-refractivity contribution in [1.82, 2.24) is 5.32 Å². The minimum atomic E-state index is 0.495. The van der Waals surface area contributed by atoms with Gasteiger partial charge in [-0.05, 0) is 29.7 Å². The molecule has 2 aromatic carbocycles. The van der Waals surface area contributed by atoms with E-state index < -0.39 is 0 Å². The van der Waals surface area contributed by atoms with E-state index in [1.54, 1.807) is 0 Å². The Morgan fingerprint density at radius 2 is 1.65 bits per heavy atom. The molecule has 0 unspecified atom stereocenters. The highest BCUT2D eigenvalue weighted by molar-refractivity contribution is 5.39.